The molecule has 0 radical (unpaired) electrons. The lowest BCUT2D eigenvalue weighted by molar-refractivity contribution is -0.141. The van der Waals surface area contributed by atoms with Crippen LogP contribution in [0.15, 0.2) is 54.6 Å². The molecule has 1 saturated heterocycles. The minimum Gasteiger partial charge on any atom is -0.465 e. The number of carbonyl (C=O) groups is 6. The molecule has 1 saturated carbocycles. The van der Waals surface area contributed by atoms with Gasteiger partial charge in [0.1, 0.15) is 35.1 Å². The zero-order valence-electron chi connectivity index (χ0n) is 32.2. The van der Waals surface area contributed by atoms with E-state index in [0.29, 0.717) is 35.1 Å². The van der Waals surface area contributed by atoms with Gasteiger partial charge in [0.25, 0.3) is 0 Å². The standard InChI is InChI=1S/C41H50FN5O9/c1-40(2,3)56-38(52)44-32-17-9-7-5-6-8-15-28-20-41(28,37(51)43-21-25-12-10-13-26(18-25)36(50)54-4)45-34(48)33-19-29(23-47(33)35(32)49)55-39(53)46-22-27-14-11-16-31(42)30(27)24-46/h8,10-16,18,28-29,32-33H,5-7,9,17,19-24H2,1-4H3,(H,43,51)(H,44,52)(H,45,48)/b15-8-/t28-,29+,32-,33-,41+/m0/s1. The zero-order valence-corrected chi connectivity index (χ0v) is 32.2. The van der Waals surface area contributed by atoms with E-state index < -0.39 is 71.0 Å². The summed E-state index contributed by atoms with van der Waals surface area (Å²) < 4.78 is 30.6. The summed E-state index contributed by atoms with van der Waals surface area (Å²) in [7, 11) is 1.28. The van der Waals surface area contributed by atoms with E-state index in [9.17, 15) is 33.2 Å². The first-order chi connectivity index (χ1) is 26.7. The molecule has 0 unspecified atom stereocenters. The molecule has 14 nitrogen and oxygen atoms in total. The Morgan fingerprint density at radius 1 is 1.04 bits per heavy atom. The number of methoxy groups -OCH3 is 1. The number of nitrogens with one attached hydrogen (secondary N) is 3. The highest BCUT2D eigenvalue weighted by atomic mass is 19.1. The van der Waals surface area contributed by atoms with Crippen molar-refractivity contribution in [2.24, 2.45) is 5.92 Å². The molecule has 1 aliphatic carbocycles. The quantitative estimate of drug-likeness (QED) is 0.215. The number of fused-ring (bicyclic) bond motifs is 3. The molecule has 300 valence electrons. The van der Waals surface area contributed by atoms with Gasteiger partial charge in [-0.05, 0) is 75.8 Å². The summed E-state index contributed by atoms with van der Waals surface area (Å²) in [5, 5.41) is 8.58. The lowest BCUT2D eigenvalue weighted by atomic mass is 10.0. The van der Waals surface area contributed by atoms with Crippen LogP contribution in [0.1, 0.15) is 92.8 Å². The second-order valence-electron chi connectivity index (χ2n) is 15.9. The highest BCUT2D eigenvalue weighted by Crippen LogP contribution is 2.45. The SMILES string of the molecule is COC(=O)c1cccc(CNC(=O)[C@@]23C[C@@H]2/C=C\CCCCC[C@H](NC(=O)OC(C)(C)C)C(=O)N2C[C@H](OC(=O)N4Cc5cccc(F)c5C4)C[C@H]2C(=O)N3)c1. The molecule has 4 aliphatic rings. The molecule has 2 aromatic rings. The van der Waals surface area contributed by atoms with Gasteiger partial charge >= 0.3 is 18.2 Å². The summed E-state index contributed by atoms with van der Waals surface area (Å²) in [4.78, 5) is 83.9. The Morgan fingerprint density at radius 2 is 1.82 bits per heavy atom. The van der Waals surface area contributed by atoms with Crippen LogP contribution in [-0.2, 0) is 48.2 Å². The molecule has 0 aromatic heterocycles. The van der Waals surface area contributed by atoms with Crippen LogP contribution < -0.4 is 16.0 Å². The highest BCUT2D eigenvalue weighted by molar-refractivity contribution is 5.98. The van der Waals surface area contributed by atoms with E-state index in [2.05, 4.69) is 16.0 Å². The molecule has 3 aliphatic heterocycles. The van der Waals surface area contributed by atoms with Gasteiger partial charge in [0, 0.05) is 31.0 Å². The summed E-state index contributed by atoms with van der Waals surface area (Å²) in [5.41, 5.74) is -0.0996. The van der Waals surface area contributed by atoms with Crippen molar-refractivity contribution in [3.05, 3.63) is 82.7 Å². The molecule has 0 spiro atoms. The number of nitrogens with zero attached hydrogens (tertiary/aromatic N) is 2. The number of benzene rings is 2. The number of hydrogen-bond donors (Lipinski definition) is 3. The fourth-order valence-electron chi connectivity index (χ4n) is 7.61. The second kappa shape index (κ2) is 16.7. The molecule has 15 heteroatoms. The van der Waals surface area contributed by atoms with Crippen molar-refractivity contribution < 1.29 is 47.4 Å². The van der Waals surface area contributed by atoms with Crippen molar-refractivity contribution in [2.75, 3.05) is 13.7 Å². The number of ether oxygens (including phenoxy) is 3. The largest absolute Gasteiger partial charge is 0.465 e. The third kappa shape index (κ3) is 9.31. The van der Waals surface area contributed by atoms with Gasteiger partial charge in [-0.15, -0.1) is 0 Å². The lowest BCUT2D eigenvalue weighted by Crippen LogP contribution is -2.57. The molecule has 5 amide bonds. The first-order valence-electron chi connectivity index (χ1n) is 19.1. The molecule has 3 heterocycles. The molecule has 0 bridgehead atoms. The van der Waals surface area contributed by atoms with E-state index >= 15 is 0 Å². The minimum absolute atomic E-state index is 0.0154. The summed E-state index contributed by atoms with van der Waals surface area (Å²) in [6.45, 7) is 5.22. The normalized spacial score (nSPS) is 25.6. The number of amides is 5. The maximum absolute atomic E-state index is 14.5. The molecule has 5 atom stereocenters. The Balaban J connectivity index is 1.23. The number of halogens is 1. The summed E-state index contributed by atoms with van der Waals surface area (Å²) >= 11 is 0. The molecule has 56 heavy (non-hydrogen) atoms. The fourth-order valence-corrected chi connectivity index (χ4v) is 7.61. The lowest BCUT2D eigenvalue weighted by Gasteiger charge is -2.30. The van der Waals surface area contributed by atoms with Gasteiger partial charge in [-0.25, -0.2) is 18.8 Å². The summed E-state index contributed by atoms with van der Waals surface area (Å²) in [6, 6.07) is 9.11. The Kier molecular flexibility index (Phi) is 12.0. The van der Waals surface area contributed by atoms with E-state index in [0.717, 1.165) is 19.3 Å². The van der Waals surface area contributed by atoms with E-state index in [1.165, 1.54) is 23.0 Å². The van der Waals surface area contributed by atoms with Gasteiger partial charge in [-0.2, -0.15) is 0 Å². The Bertz CT molecular complexity index is 1900. The van der Waals surface area contributed by atoms with Crippen LogP contribution in [0.4, 0.5) is 14.0 Å². The Morgan fingerprint density at radius 3 is 2.57 bits per heavy atom. The van der Waals surface area contributed by atoms with Crippen LogP contribution >= 0.6 is 0 Å². The number of esters is 1. The summed E-state index contributed by atoms with van der Waals surface area (Å²) in [6.07, 6.45) is 4.90. The average molecular weight is 776 g/mol. The Labute approximate surface area is 325 Å². The molecule has 3 N–H and O–H groups in total. The smallest absolute Gasteiger partial charge is 0.410 e. The molecule has 2 aromatic carbocycles. The summed E-state index contributed by atoms with van der Waals surface area (Å²) in [5.74, 6) is -2.85. The van der Waals surface area contributed by atoms with Gasteiger partial charge in [0.05, 0.1) is 25.8 Å². The van der Waals surface area contributed by atoms with E-state index in [-0.39, 0.29) is 44.9 Å². The maximum atomic E-state index is 14.5. The number of hydrogen-bond acceptors (Lipinski definition) is 9. The zero-order chi connectivity index (χ0) is 40.2. The van der Waals surface area contributed by atoms with E-state index in [1.807, 2.05) is 12.2 Å². The van der Waals surface area contributed by atoms with Crippen molar-refractivity contribution in [2.45, 2.75) is 115 Å². The van der Waals surface area contributed by atoms with Crippen molar-refractivity contribution in [3.63, 3.8) is 0 Å². The van der Waals surface area contributed by atoms with Gasteiger partial charge in [0.15, 0.2) is 0 Å². The van der Waals surface area contributed by atoms with Gasteiger partial charge in [-0.1, -0.05) is 49.3 Å². The number of rotatable bonds is 6. The van der Waals surface area contributed by atoms with Crippen molar-refractivity contribution in [3.8, 4) is 0 Å². The topological polar surface area (TPSA) is 173 Å². The average Bonchev–Trinajstić information content (AvgIpc) is 3.44. The third-order valence-corrected chi connectivity index (χ3v) is 10.6. The monoisotopic (exact) mass is 775 g/mol. The third-order valence-electron chi connectivity index (χ3n) is 10.6. The number of alkyl carbamates (subject to hydrolysis) is 1. The first kappa shape index (κ1) is 40.2. The van der Waals surface area contributed by atoms with Crippen LogP contribution in [0, 0.1) is 11.7 Å². The van der Waals surface area contributed by atoms with Crippen molar-refractivity contribution >= 4 is 35.9 Å². The van der Waals surface area contributed by atoms with Crippen molar-refractivity contribution in [1.29, 1.82) is 0 Å². The number of carbonyl (C=O) groups excluding carboxylic acids is 6. The van der Waals surface area contributed by atoms with Crippen LogP contribution in [0.25, 0.3) is 0 Å². The van der Waals surface area contributed by atoms with E-state index in [1.54, 1.807) is 57.2 Å². The fraction of sp³-hybridized carbons (Fsp3) is 0.512. The molecular formula is C41H50FN5O9. The molecular weight excluding hydrogens is 725 g/mol. The maximum Gasteiger partial charge on any atom is 0.410 e. The van der Waals surface area contributed by atoms with Crippen molar-refractivity contribution in [1.82, 2.24) is 25.8 Å². The van der Waals surface area contributed by atoms with Crippen LogP contribution in [-0.4, -0.2) is 88.7 Å². The van der Waals surface area contributed by atoms with Gasteiger partial charge < -0.3 is 35.1 Å². The van der Waals surface area contributed by atoms with Gasteiger partial charge in [-0.3, -0.25) is 19.3 Å². The van der Waals surface area contributed by atoms with Crippen LogP contribution in [0.5, 0.6) is 0 Å². The predicted molar refractivity (Wildman–Crippen MR) is 200 cm³/mol. The van der Waals surface area contributed by atoms with Crippen LogP contribution in [0.2, 0.25) is 0 Å². The Hall–Kier alpha value is -5.47. The second-order valence-corrected chi connectivity index (χ2v) is 15.9. The van der Waals surface area contributed by atoms with E-state index in [4.69, 9.17) is 14.2 Å². The predicted octanol–water partition coefficient (Wildman–Crippen LogP) is 4.64. The highest BCUT2D eigenvalue weighted by Gasteiger charge is 2.61. The molecule has 2 fully saturated rings. The number of allylic oxidation sites excluding steroid dienone is 1. The first-order valence-corrected chi connectivity index (χ1v) is 19.1. The minimum atomic E-state index is -1.32. The van der Waals surface area contributed by atoms with Gasteiger partial charge in [0.2, 0.25) is 17.7 Å². The molecule has 6 rings (SSSR count). The van der Waals surface area contributed by atoms with Crippen LogP contribution in [0.3, 0.4) is 0 Å².